The predicted octanol–water partition coefficient (Wildman–Crippen LogP) is 1.79. The first-order chi connectivity index (χ1) is 4.54. The first-order valence-electron chi connectivity index (χ1n) is 3.49. The van der Waals surface area contributed by atoms with Crippen LogP contribution in [0.4, 0.5) is 0 Å². The third-order valence-electron chi connectivity index (χ3n) is 0.866. The number of rotatable bonds is 3. The second-order valence-electron chi connectivity index (χ2n) is 2.82. The minimum atomic E-state index is -1.02. The van der Waals surface area contributed by atoms with Crippen LogP contribution in [0.3, 0.4) is 0 Å². The first-order valence-corrected chi connectivity index (χ1v) is 4.66. The van der Waals surface area contributed by atoms with Gasteiger partial charge in [0.25, 0.3) is 0 Å². The van der Waals surface area contributed by atoms with Gasteiger partial charge in [0, 0.05) is 6.21 Å². The summed E-state index contributed by atoms with van der Waals surface area (Å²) in [6.45, 7) is 7.82. The molecule has 0 aliphatic rings. The largest absolute Gasteiger partial charge is 0.235 e. The van der Waals surface area contributed by atoms with E-state index in [0.717, 1.165) is 0 Å². The zero-order valence-corrected chi connectivity index (χ0v) is 7.81. The van der Waals surface area contributed by atoms with Gasteiger partial charge in [0.1, 0.15) is 11.0 Å². The van der Waals surface area contributed by atoms with Crippen molar-refractivity contribution in [3.05, 3.63) is 0 Å². The lowest BCUT2D eigenvalue weighted by Crippen LogP contribution is -2.03. The van der Waals surface area contributed by atoms with Crippen LogP contribution in [0, 0.1) is 5.92 Å². The molecule has 0 saturated carbocycles. The molecule has 0 aromatic heterocycles. The molecule has 0 heterocycles. The van der Waals surface area contributed by atoms with Crippen LogP contribution in [0.1, 0.15) is 27.7 Å². The second kappa shape index (κ2) is 4.61. The molecular formula is C7H15NOS. The van der Waals surface area contributed by atoms with Gasteiger partial charge in [-0.05, 0) is 19.8 Å². The third kappa shape index (κ3) is 4.68. The molecule has 0 spiro atoms. The van der Waals surface area contributed by atoms with Gasteiger partial charge in [0.2, 0.25) is 0 Å². The Hall–Kier alpha value is -0.180. The van der Waals surface area contributed by atoms with E-state index in [1.807, 2.05) is 27.7 Å². The van der Waals surface area contributed by atoms with Crippen LogP contribution in [-0.2, 0) is 11.0 Å². The van der Waals surface area contributed by atoms with Gasteiger partial charge < -0.3 is 0 Å². The standard InChI is InChI=1S/C7H15NOS/c1-6(2)5-8-10(9)7(3)4/h5-7H,1-4H3. The molecule has 0 aliphatic heterocycles. The van der Waals surface area contributed by atoms with E-state index in [0.29, 0.717) is 5.92 Å². The van der Waals surface area contributed by atoms with Crippen molar-refractivity contribution in [1.29, 1.82) is 0 Å². The van der Waals surface area contributed by atoms with Crippen molar-refractivity contribution < 1.29 is 4.21 Å². The summed E-state index contributed by atoms with van der Waals surface area (Å²) in [6.07, 6.45) is 1.73. The Labute approximate surface area is 65.3 Å². The molecule has 1 atom stereocenters. The van der Waals surface area contributed by atoms with E-state index in [-0.39, 0.29) is 5.25 Å². The molecule has 2 nitrogen and oxygen atoms in total. The van der Waals surface area contributed by atoms with Crippen LogP contribution in [0.5, 0.6) is 0 Å². The van der Waals surface area contributed by atoms with E-state index in [9.17, 15) is 4.21 Å². The number of nitrogens with zero attached hydrogens (tertiary/aromatic N) is 1. The van der Waals surface area contributed by atoms with Gasteiger partial charge >= 0.3 is 0 Å². The Morgan fingerprint density at radius 1 is 1.30 bits per heavy atom. The molecule has 3 heteroatoms. The van der Waals surface area contributed by atoms with E-state index in [2.05, 4.69) is 4.40 Å². The maximum atomic E-state index is 11.0. The molecular weight excluding hydrogens is 146 g/mol. The van der Waals surface area contributed by atoms with Gasteiger partial charge in [-0.1, -0.05) is 13.8 Å². The molecule has 0 saturated heterocycles. The average Bonchev–Trinajstić information content (AvgIpc) is 1.82. The third-order valence-corrected chi connectivity index (χ3v) is 2.00. The molecule has 0 aromatic rings. The van der Waals surface area contributed by atoms with Crippen LogP contribution in [0.15, 0.2) is 4.40 Å². The molecule has 0 aromatic carbocycles. The fraction of sp³-hybridized carbons (Fsp3) is 0.857. The maximum Gasteiger partial charge on any atom is 0.141 e. The summed E-state index contributed by atoms with van der Waals surface area (Å²) >= 11 is 0. The summed E-state index contributed by atoms with van der Waals surface area (Å²) < 4.78 is 14.8. The van der Waals surface area contributed by atoms with Gasteiger partial charge in [0.05, 0.1) is 5.25 Å². The van der Waals surface area contributed by atoms with Crippen molar-refractivity contribution in [3.8, 4) is 0 Å². The fourth-order valence-corrected chi connectivity index (χ4v) is 0.910. The summed E-state index contributed by atoms with van der Waals surface area (Å²) in [5, 5.41) is 0.134. The Balaban J connectivity index is 3.79. The van der Waals surface area contributed by atoms with Gasteiger partial charge in [0.15, 0.2) is 0 Å². The van der Waals surface area contributed by atoms with E-state index in [1.54, 1.807) is 6.21 Å². The average molecular weight is 161 g/mol. The highest BCUT2D eigenvalue weighted by Crippen LogP contribution is 1.96. The van der Waals surface area contributed by atoms with Crippen molar-refractivity contribution in [2.75, 3.05) is 0 Å². The van der Waals surface area contributed by atoms with Gasteiger partial charge in [-0.2, -0.15) is 4.40 Å². The predicted molar refractivity (Wildman–Crippen MR) is 46.6 cm³/mol. The van der Waals surface area contributed by atoms with Crippen LogP contribution in [-0.4, -0.2) is 15.7 Å². The molecule has 1 unspecified atom stereocenters. The highest BCUT2D eigenvalue weighted by atomic mass is 32.2. The lowest BCUT2D eigenvalue weighted by atomic mass is 10.3. The molecule has 0 aliphatic carbocycles. The van der Waals surface area contributed by atoms with Crippen LogP contribution in [0.2, 0.25) is 0 Å². The molecule has 0 N–H and O–H groups in total. The molecule has 0 radical (unpaired) electrons. The number of hydrogen-bond acceptors (Lipinski definition) is 1. The molecule has 0 bridgehead atoms. The van der Waals surface area contributed by atoms with E-state index in [4.69, 9.17) is 0 Å². The minimum Gasteiger partial charge on any atom is -0.235 e. The highest BCUT2D eigenvalue weighted by Gasteiger charge is 2.00. The first kappa shape index (κ1) is 9.82. The lowest BCUT2D eigenvalue weighted by Gasteiger charge is -1.97. The summed E-state index contributed by atoms with van der Waals surface area (Å²) in [7, 11) is -1.02. The second-order valence-corrected chi connectivity index (χ2v) is 4.53. The molecule has 10 heavy (non-hydrogen) atoms. The van der Waals surface area contributed by atoms with Gasteiger partial charge in [-0.25, -0.2) is 4.21 Å². The zero-order chi connectivity index (χ0) is 8.15. The Morgan fingerprint density at radius 3 is 2.10 bits per heavy atom. The van der Waals surface area contributed by atoms with Crippen molar-refractivity contribution in [1.82, 2.24) is 0 Å². The van der Waals surface area contributed by atoms with E-state index >= 15 is 0 Å². The minimum absolute atomic E-state index is 0.134. The molecule has 60 valence electrons. The summed E-state index contributed by atoms with van der Waals surface area (Å²) in [5.41, 5.74) is 0. The van der Waals surface area contributed by atoms with Crippen molar-refractivity contribution >= 4 is 17.2 Å². The van der Waals surface area contributed by atoms with Gasteiger partial charge in [-0.3, -0.25) is 0 Å². The Kier molecular flexibility index (Phi) is 4.52. The molecule has 0 amide bonds. The molecule has 0 rings (SSSR count). The topological polar surface area (TPSA) is 29.4 Å². The highest BCUT2D eigenvalue weighted by molar-refractivity contribution is 7.84. The molecule has 0 fully saturated rings. The Bertz CT molecular complexity index is 141. The zero-order valence-electron chi connectivity index (χ0n) is 7.00. The normalized spacial score (nSPS) is 15.4. The lowest BCUT2D eigenvalue weighted by molar-refractivity contribution is 0.678. The number of hydrogen-bond donors (Lipinski definition) is 0. The summed E-state index contributed by atoms with van der Waals surface area (Å²) in [6, 6.07) is 0. The van der Waals surface area contributed by atoms with Crippen molar-refractivity contribution in [2.45, 2.75) is 32.9 Å². The quantitative estimate of drug-likeness (QED) is 0.580. The SMILES string of the molecule is CC(C)C=NS(=O)C(C)C. The van der Waals surface area contributed by atoms with Crippen molar-refractivity contribution in [3.63, 3.8) is 0 Å². The van der Waals surface area contributed by atoms with Crippen LogP contribution in [0.25, 0.3) is 0 Å². The van der Waals surface area contributed by atoms with Gasteiger partial charge in [-0.15, -0.1) is 0 Å². The monoisotopic (exact) mass is 161 g/mol. The summed E-state index contributed by atoms with van der Waals surface area (Å²) in [4.78, 5) is 0. The van der Waals surface area contributed by atoms with E-state index < -0.39 is 11.0 Å². The van der Waals surface area contributed by atoms with Crippen molar-refractivity contribution in [2.24, 2.45) is 10.3 Å². The Morgan fingerprint density at radius 2 is 1.80 bits per heavy atom. The van der Waals surface area contributed by atoms with Crippen LogP contribution < -0.4 is 0 Å². The van der Waals surface area contributed by atoms with E-state index in [1.165, 1.54) is 0 Å². The maximum absolute atomic E-state index is 11.0. The fourth-order valence-electron chi connectivity index (χ4n) is 0.303. The smallest absolute Gasteiger partial charge is 0.141 e. The summed E-state index contributed by atoms with van der Waals surface area (Å²) in [5.74, 6) is 0.391. The van der Waals surface area contributed by atoms with Crippen LogP contribution >= 0.6 is 0 Å².